The number of rotatable bonds is 3. The molecule has 1 aliphatic rings. The third-order valence-electron chi connectivity index (χ3n) is 3.27. The first kappa shape index (κ1) is 14.3. The number of aliphatic imine (C=N–C) groups is 1. The lowest BCUT2D eigenvalue weighted by Gasteiger charge is -2.32. The summed E-state index contributed by atoms with van der Waals surface area (Å²) >= 11 is 0. The van der Waals surface area contributed by atoms with Crippen LogP contribution in [0.5, 0.6) is 0 Å². The highest BCUT2D eigenvalue weighted by Crippen LogP contribution is 2.28. The van der Waals surface area contributed by atoms with Crippen LogP contribution < -0.4 is 16.6 Å². The maximum Gasteiger partial charge on any atom is 0.205 e. The molecule has 17 heavy (non-hydrogen) atoms. The van der Waals surface area contributed by atoms with Gasteiger partial charge in [-0.05, 0) is 37.0 Å². The van der Waals surface area contributed by atoms with Crippen LogP contribution in [0.4, 0.5) is 0 Å². The van der Waals surface area contributed by atoms with Crippen molar-refractivity contribution in [3.8, 4) is 0 Å². The van der Waals surface area contributed by atoms with Gasteiger partial charge in [-0.15, -0.1) is 0 Å². The van der Waals surface area contributed by atoms with Crippen LogP contribution in [0.15, 0.2) is 4.99 Å². The number of hydrogen-bond acceptors (Lipinski definition) is 2. The fourth-order valence-electron chi connectivity index (χ4n) is 2.66. The van der Waals surface area contributed by atoms with Gasteiger partial charge in [0.25, 0.3) is 0 Å². The van der Waals surface area contributed by atoms with E-state index >= 15 is 0 Å². The van der Waals surface area contributed by atoms with Crippen LogP contribution >= 0.6 is 0 Å². The van der Waals surface area contributed by atoms with Gasteiger partial charge >= 0.3 is 0 Å². The molecule has 4 heteroatoms. The molecule has 0 amide bonds. The molecule has 0 aliphatic heterocycles. The zero-order valence-corrected chi connectivity index (χ0v) is 11.7. The van der Waals surface area contributed by atoms with Gasteiger partial charge in [-0.2, -0.15) is 0 Å². The van der Waals surface area contributed by atoms with Crippen molar-refractivity contribution in [3.63, 3.8) is 0 Å². The second kappa shape index (κ2) is 6.84. The zero-order chi connectivity index (χ0) is 12.8. The largest absolute Gasteiger partial charge is 0.353 e. The molecule has 0 heterocycles. The van der Waals surface area contributed by atoms with Crippen molar-refractivity contribution in [1.29, 1.82) is 0 Å². The topological polar surface area (TPSA) is 62.4 Å². The summed E-state index contributed by atoms with van der Waals surface area (Å²) in [4.78, 5) is 4.46. The normalized spacial score (nSPS) is 30.5. The molecular formula is C13H28N4. The van der Waals surface area contributed by atoms with E-state index in [0.717, 1.165) is 24.3 Å². The van der Waals surface area contributed by atoms with Crippen LogP contribution in [-0.2, 0) is 0 Å². The van der Waals surface area contributed by atoms with E-state index in [9.17, 15) is 0 Å². The van der Waals surface area contributed by atoms with Crippen LogP contribution in [0.25, 0.3) is 0 Å². The quantitative estimate of drug-likeness (QED) is 0.305. The Morgan fingerprint density at radius 1 is 1.24 bits per heavy atom. The molecule has 0 aromatic heterocycles. The first-order valence-electron chi connectivity index (χ1n) is 6.78. The SMILES string of the molecule is CC(C)CN=C(NN)NC1CC(C)CC(C)C1. The Kier molecular flexibility index (Phi) is 5.75. The monoisotopic (exact) mass is 240 g/mol. The number of guanidine groups is 1. The average molecular weight is 240 g/mol. The van der Waals surface area contributed by atoms with Gasteiger partial charge in [-0.25, -0.2) is 5.84 Å². The molecule has 4 N–H and O–H groups in total. The Morgan fingerprint density at radius 3 is 2.29 bits per heavy atom. The molecule has 0 bridgehead atoms. The molecule has 0 spiro atoms. The zero-order valence-electron chi connectivity index (χ0n) is 11.7. The second-order valence-electron chi connectivity index (χ2n) is 5.99. The highest BCUT2D eigenvalue weighted by molar-refractivity contribution is 5.79. The Labute approximate surface area is 105 Å². The highest BCUT2D eigenvalue weighted by Gasteiger charge is 2.24. The van der Waals surface area contributed by atoms with Gasteiger partial charge in [0.05, 0.1) is 0 Å². The number of nitrogens with zero attached hydrogens (tertiary/aromatic N) is 1. The lowest BCUT2D eigenvalue weighted by atomic mass is 9.80. The van der Waals surface area contributed by atoms with Crippen molar-refractivity contribution in [3.05, 3.63) is 0 Å². The predicted molar refractivity (Wildman–Crippen MR) is 73.6 cm³/mol. The van der Waals surface area contributed by atoms with Crippen molar-refractivity contribution in [2.75, 3.05) is 6.54 Å². The number of hydrazine groups is 1. The van der Waals surface area contributed by atoms with Crippen LogP contribution in [0.2, 0.25) is 0 Å². The van der Waals surface area contributed by atoms with E-state index in [2.05, 4.69) is 43.4 Å². The van der Waals surface area contributed by atoms with E-state index in [1.165, 1.54) is 19.3 Å². The number of hydrogen-bond donors (Lipinski definition) is 3. The minimum absolute atomic E-state index is 0.510. The van der Waals surface area contributed by atoms with E-state index < -0.39 is 0 Å². The summed E-state index contributed by atoms with van der Waals surface area (Å²) in [5.74, 6) is 8.39. The van der Waals surface area contributed by atoms with Crippen LogP contribution in [-0.4, -0.2) is 18.5 Å². The van der Waals surface area contributed by atoms with Gasteiger partial charge in [-0.3, -0.25) is 10.4 Å². The molecule has 1 fully saturated rings. The van der Waals surface area contributed by atoms with Crippen molar-refractivity contribution >= 4 is 5.96 Å². The molecule has 0 saturated heterocycles. The van der Waals surface area contributed by atoms with E-state index in [1.807, 2.05) is 0 Å². The Bertz CT molecular complexity index is 240. The van der Waals surface area contributed by atoms with Gasteiger partial charge in [0.1, 0.15) is 0 Å². The van der Waals surface area contributed by atoms with Gasteiger partial charge in [-0.1, -0.05) is 27.7 Å². The molecule has 1 rings (SSSR count). The lowest BCUT2D eigenvalue weighted by molar-refractivity contribution is 0.255. The minimum Gasteiger partial charge on any atom is -0.353 e. The molecule has 1 aliphatic carbocycles. The van der Waals surface area contributed by atoms with Crippen LogP contribution in [0.1, 0.15) is 47.0 Å². The van der Waals surface area contributed by atoms with E-state index in [4.69, 9.17) is 5.84 Å². The maximum absolute atomic E-state index is 5.50. The predicted octanol–water partition coefficient (Wildman–Crippen LogP) is 1.88. The fraction of sp³-hybridized carbons (Fsp3) is 0.923. The third kappa shape index (κ3) is 5.39. The standard InChI is InChI=1S/C13H28N4/c1-9(2)8-15-13(17-14)16-12-6-10(3)5-11(4)7-12/h9-12H,5-8,14H2,1-4H3,(H2,15,16,17). The molecule has 2 unspecified atom stereocenters. The summed E-state index contributed by atoms with van der Waals surface area (Å²) in [6.07, 6.45) is 3.77. The van der Waals surface area contributed by atoms with Crippen molar-refractivity contribution in [2.24, 2.45) is 28.6 Å². The molecule has 4 nitrogen and oxygen atoms in total. The summed E-state index contributed by atoms with van der Waals surface area (Å²) in [7, 11) is 0. The van der Waals surface area contributed by atoms with Crippen LogP contribution in [0, 0.1) is 17.8 Å². The first-order chi connectivity index (χ1) is 8.01. The maximum atomic E-state index is 5.50. The molecule has 0 aromatic rings. The summed E-state index contributed by atoms with van der Waals surface area (Å²) in [5.41, 5.74) is 2.67. The van der Waals surface area contributed by atoms with Crippen molar-refractivity contribution < 1.29 is 0 Å². The van der Waals surface area contributed by atoms with Gasteiger partial charge in [0, 0.05) is 12.6 Å². The van der Waals surface area contributed by atoms with Gasteiger partial charge in [0.15, 0.2) is 0 Å². The number of nitrogens with one attached hydrogen (secondary N) is 2. The van der Waals surface area contributed by atoms with E-state index in [0.29, 0.717) is 12.0 Å². The summed E-state index contributed by atoms with van der Waals surface area (Å²) in [6, 6.07) is 0.510. The first-order valence-corrected chi connectivity index (χ1v) is 6.78. The lowest BCUT2D eigenvalue weighted by Crippen LogP contribution is -2.48. The summed E-state index contributed by atoms with van der Waals surface area (Å²) in [5, 5.41) is 3.44. The Hall–Kier alpha value is -0.770. The van der Waals surface area contributed by atoms with Crippen LogP contribution in [0.3, 0.4) is 0 Å². The molecule has 2 atom stereocenters. The number of nitrogens with two attached hydrogens (primary N) is 1. The summed E-state index contributed by atoms with van der Waals surface area (Å²) in [6.45, 7) is 9.77. The van der Waals surface area contributed by atoms with E-state index in [1.54, 1.807) is 0 Å². The van der Waals surface area contributed by atoms with E-state index in [-0.39, 0.29) is 0 Å². The van der Waals surface area contributed by atoms with Gasteiger partial charge in [0.2, 0.25) is 5.96 Å². The van der Waals surface area contributed by atoms with Crippen molar-refractivity contribution in [2.45, 2.75) is 53.0 Å². The molecule has 0 aromatic carbocycles. The molecule has 1 saturated carbocycles. The molecular weight excluding hydrogens is 212 g/mol. The second-order valence-corrected chi connectivity index (χ2v) is 5.99. The summed E-state index contributed by atoms with van der Waals surface area (Å²) < 4.78 is 0. The Balaban J connectivity index is 2.47. The Morgan fingerprint density at radius 2 is 1.82 bits per heavy atom. The molecule has 100 valence electrons. The smallest absolute Gasteiger partial charge is 0.205 e. The highest BCUT2D eigenvalue weighted by atomic mass is 15.3. The molecule has 0 radical (unpaired) electrons. The average Bonchev–Trinajstić information content (AvgIpc) is 2.22. The minimum atomic E-state index is 0.510. The fourth-order valence-corrected chi connectivity index (χ4v) is 2.66. The van der Waals surface area contributed by atoms with Crippen molar-refractivity contribution in [1.82, 2.24) is 10.7 Å². The van der Waals surface area contributed by atoms with Gasteiger partial charge < -0.3 is 5.32 Å². The third-order valence-corrected chi connectivity index (χ3v) is 3.27.